The molecular formula is C8H16N2O6. The molecule has 8 nitrogen and oxygen atoms in total. The Hall–Kier alpha value is -0.770. The number of carbonyl (C=O) groups excluding carboxylic acids is 1. The first-order valence-electron chi connectivity index (χ1n) is 4.71. The van der Waals surface area contributed by atoms with Gasteiger partial charge < -0.3 is 36.2 Å². The number of aliphatic hydroxyl groups is 4. The second-order valence-corrected chi connectivity index (χ2v) is 3.76. The van der Waals surface area contributed by atoms with Crippen molar-refractivity contribution in [2.75, 3.05) is 6.61 Å². The van der Waals surface area contributed by atoms with Crippen molar-refractivity contribution in [2.24, 2.45) is 5.73 Å². The maximum atomic E-state index is 10.9. The van der Waals surface area contributed by atoms with Crippen molar-refractivity contribution >= 4 is 5.91 Å². The predicted octanol–water partition coefficient (Wildman–Crippen LogP) is -3.79. The van der Waals surface area contributed by atoms with Gasteiger partial charge in [0.05, 0.1) is 6.61 Å². The van der Waals surface area contributed by atoms with Crippen molar-refractivity contribution in [1.82, 2.24) is 5.32 Å². The average molecular weight is 236 g/mol. The smallest absolute Gasteiger partial charge is 0.218 e. The van der Waals surface area contributed by atoms with Gasteiger partial charge in [0, 0.05) is 6.92 Å². The van der Waals surface area contributed by atoms with Crippen LogP contribution in [0.3, 0.4) is 0 Å². The van der Waals surface area contributed by atoms with Gasteiger partial charge in [0.15, 0.2) is 12.0 Å². The van der Waals surface area contributed by atoms with Crippen LogP contribution in [0, 0.1) is 0 Å². The van der Waals surface area contributed by atoms with Gasteiger partial charge in [-0.05, 0) is 0 Å². The highest BCUT2D eigenvalue weighted by molar-refractivity contribution is 5.74. The third-order valence-electron chi connectivity index (χ3n) is 2.48. The molecule has 0 aromatic rings. The highest BCUT2D eigenvalue weighted by Gasteiger charge is 2.53. The molecule has 0 aliphatic carbocycles. The summed E-state index contributed by atoms with van der Waals surface area (Å²) < 4.78 is 4.79. The molecule has 1 aliphatic heterocycles. The highest BCUT2D eigenvalue weighted by Crippen LogP contribution is 2.24. The van der Waals surface area contributed by atoms with E-state index in [0.717, 1.165) is 6.92 Å². The average Bonchev–Trinajstić information content (AvgIpc) is 2.20. The Labute approximate surface area is 91.6 Å². The van der Waals surface area contributed by atoms with E-state index in [2.05, 4.69) is 5.32 Å². The number of amides is 1. The third-order valence-corrected chi connectivity index (χ3v) is 2.48. The zero-order valence-corrected chi connectivity index (χ0v) is 8.70. The molecule has 1 saturated heterocycles. The Morgan fingerprint density at radius 3 is 2.50 bits per heavy atom. The SMILES string of the molecule is CC(=O)N[C@@]1(N)C(O)O[C@H](CO)[C@@H](O)[C@@H]1O. The van der Waals surface area contributed by atoms with Crippen LogP contribution in [0.4, 0.5) is 0 Å². The van der Waals surface area contributed by atoms with E-state index in [0.29, 0.717) is 0 Å². The first-order valence-corrected chi connectivity index (χ1v) is 4.71. The van der Waals surface area contributed by atoms with Gasteiger partial charge in [-0.25, -0.2) is 0 Å². The summed E-state index contributed by atoms with van der Waals surface area (Å²) in [7, 11) is 0. The van der Waals surface area contributed by atoms with Crippen molar-refractivity contribution in [3.05, 3.63) is 0 Å². The molecule has 16 heavy (non-hydrogen) atoms. The summed E-state index contributed by atoms with van der Waals surface area (Å²) >= 11 is 0. The van der Waals surface area contributed by atoms with E-state index in [1.165, 1.54) is 0 Å². The molecule has 0 saturated carbocycles. The lowest BCUT2D eigenvalue weighted by molar-refractivity contribution is -0.282. The number of carbonyl (C=O) groups is 1. The first-order chi connectivity index (χ1) is 7.32. The molecule has 0 radical (unpaired) electrons. The lowest BCUT2D eigenvalue weighted by atomic mass is 9.91. The van der Waals surface area contributed by atoms with Crippen molar-refractivity contribution in [2.45, 2.75) is 37.2 Å². The molecule has 0 aromatic heterocycles. The van der Waals surface area contributed by atoms with Crippen LogP contribution in [0.25, 0.3) is 0 Å². The summed E-state index contributed by atoms with van der Waals surface area (Å²) in [6, 6.07) is 0. The molecular weight excluding hydrogens is 220 g/mol. The molecule has 1 amide bonds. The fourth-order valence-corrected chi connectivity index (χ4v) is 1.58. The predicted molar refractivity (Wildman–Crippen MR) is 50.7 cm³/mol. The summed E-state index contributed by atoms with van der Waals surface area (Å²) in [5.74, 6) is -0.598. The van der Waals surface area contributed by atoms with Crippen molar-refractivity contribution in [3.8, 4) is 0 Å². The van der Waals surface area contributed by atoms with Crippen molar-refractivity contribution in [1.29, 1.82) is 0 Å². The zero-order valence-electron chi connectivity index (χ0n) is 8.70. The van der Waals surface area contributed by atoms with Crippen LogP contribution in [0.1, 0.15) is 6.92 Å². The molecule has 94 valence electrons. The fraction of sp³-hybridized carbons (Fsp3) is 0.875. The second-order valence-electron chi connectivity index (χ2n) is 3.76. The van der Waals surface area contributed by atoms with Crippen LogP contribution in [-0.4, -0.2) is 63.2 Å². The number of hydrogen-bond acceptors (Lipinski definition) is 7. The molecule has 1 heterocycles. The van der Waals surface area contributed by atoms with E-state index >= 15 is 0 Å². The van der Waals surface area contributed by atoms with Crippen LogP contribution >= 0.6 is 0 Å². The number of nitrogens with one attached hydrogen (secondary N) is 1. The van der Waals surface area contributed by atoms with Gasteiger partial charge in [-0.2, -0.15) is 0 Å². The largest absolute Gasteiger partial charge is 0.394 e. The molecule has 1 aliphatic rings. The normalized spacial score (nSPS) is 44.1. The molecule has 8 heteroatoms. The standard InChI is InChI=1S/C8H16N2O6/c1-3(12)10-8(9)6(14)5(13)4(2-11)16-7(8)15/h4-7,11,13-15H,2,9H2,1H3,(H,10,12)/t4-,5-,6+,7?,8-/m1/s1. The van der Waals surface area contributed by atoms with Crippen LogP contribution in [0.5, 0.6) is 0 Å². The third kappa shape index (κ3) is 2.17. The van der Waals surface area contributed by atoms with Crippen LogP contribution in [0.15, 0.2) is 0 Å². The van der Waals surface area contributed by atoms with Gasteiger partial charge in [-0.1, -0.05) is 0 Å². The summed E-state index contributed by atoms with van der Waals surface area (Å²) in [5.41, 5.74) is 3.55. The van der Waals surface area contributed by atoms with Gasteiger partial charge in [0.1, 0.15) is 18.3 Å². The number of ether oxygens (including phenoxy) is 1. The summed E-state index contributed by atoms with van der Waals surface area (Å²) in [5, 5.41) is 39.6. The van der Waals surface area contributed by atoms with Crippen molar-refractivity contribution < 1.29 is 30.0 Å². The Morgan fingerprint density at radius 1 is 1.50 bits per heavy atom. The second kappa shape index (κ2) is 4.62. The molecule has 1 fully saturated rings. The molecule has 0 spiro atoms. The minimum absolute atomic E-state index is 0.592. The maximum absolute atomic E-state index is 10.9. The quantitative estimate of drug-likeness (QED) is 0.270. The van der Waals surface area contributed by atoms with E-state index < -0.39 is 42.8 Å². The molecule has 1 unspecified atom stereocenters. The van der Waals surface area contributed by atoms with E-state index in [-0.39, 0.29) is 0 Å². The van der Waals surface area contributed by atoms with Gasteiger partial charge in [-0.15, -0.1) is 0 Å². The highest BCUT2D eigenvalue weighted by atomic mass is 16.6. The number of aliphatic hydroxyl groups excluding tert-OH is 4. The fourth-order valence-electron chi connectivity index (χ4n) is 1.58. The summed E-state index contributed by atoms with van der Waals surface area (Å²) in [6.07, 6.45) is -6.05. The lowest BCUT2D eigenvalue weighted by Gasteiger charge is -2.46. The summed E-state index contributed by atoms with van der Waals surface area (Å²) in [6.45, 7) is 0.546. The van der Waals surface area contributed by atoms with Crippen molar-refractivity contribution in [3.63, 3.8) is 0 Å². The Morgan fingerprint density at radius 2 is 2.06 bits per heavy atom. The van der Waals surface area contributed by atoms with Gasteiger partial charge >= 0.3 is 0 Å². The maximum Gasteiger partial charge on any atom is 0.218 e. The molecule has 5 atom stereocenters. The Kier molecular flexibility index (Phi) is 3.84. The van der Waals surface area contributed by atoms with E-state index in [1.54, 1.807) is 0 Å². The zero-order chi connectivity index (χ0) is 12.5. The van der Waals surface area contributed by atoms with Gasteiger partial charge in [0.2, 0.25) is 5.91 Å². The number of rotatable bonds is 2. The molecule has 7 N–H and O–H groups in total. The number of nitrogens with two attached hydrogens (primary N) is 1. The van der Waals surface area contributed by atoms with Gasteiger partial charge in [-0.3, -0.25) is 4.79 Å². The molecule has 1 rings (SSSR count). The minimum atomic E-state index is -2.00. The van der Waals surface area contributed by atoms with Crippen LogP contribution in [-0.2, 0) is 9.53 Å². The minimum Gasteiger partial charge on any atom is -0.394 e. The Balaban J connectivity index is 2.90. The van der Waals surface area contributed by atoms with E-state index in [1.807, 2.05) is 0 Å². The van der Waals surface area contributed by atoms with Crippen LogP contribution < -0.4 is 11.1 Å². The lowest BCUT2D eigenvalue weighted by Crippen LogP contribution is -2.77. The molecule has 0 aromatic carbocycles. The van der Waals surface area contributed by atoms with E-state index in [9.17, 15) is 20.1 Å². The first kappa shape index (κ1) is 13.3. The topological polar surface area (TPSA) is 145 Å². The van der Waals surface area contributed by atoms with E-state index in [4.69, 9.17) is 15.6 Å². The monoisotopic (exact) mass is 236 g/mol. The Bertz CT molecular complexity index is 275. The summed E-state index contributed by atoms with van der Waals surface area (Å²) in [4.78, 5) is 10.9. The molecule has 0 bridgehead atoms. The van der Waals surface area contributed by atoms with Gasteiger partial charge in [0.25, 0.3) is 0 Å². The number of hydrogen-bond donors (Lipinski definition) is 6. The van der Waals surface area contributed by atoms with Crippen LogP contribution in [0.2, 0.25) is 0 Å².